The molecule has 1 N–H and O–H groups in total. The van der Waals surface area contributed by atoms with Gasteiger partial charge in [0.1, 0.15) is 11.1 Å². The summed E-state index contributed by atoms with van der Waals surface area (Å²) >= 11 is 1.52. The van der Waals surface area contributed by atoms with E-state index >= 15 is 0 Å². The third kappa shape index (κ3) is 2.25. The summed E-state index contributed by atoms with van der Waals surface area (Å²) in [6.45, 7) is 2.06. The van der Waals surface area contributed by atoms with Crippen LogP contribution in [0.3, 0.4) is 0 Å². The van der Waals surface area contributed by atoms with Crippen LogP contribution in [0.2, 0.25) is 0 Å². The topological polar surface area (TPSA) is 33.1 Å². The number of hydrogen-bond donors (Lipinski definition) is 1. The SMILES string of the molecule is CCc1csc(C(O)c2ccccc2)n1. The summed E-state index contributed by atoms with van der Waals surface area (Å²) in [5.74, 6) is 0. The number of aliphatic hydroxyl groups is 1. The molecule has 0 radical (unpaired) electrons. The molecule has 0 aliphatic heterocycles. The van der Waals surface area contributed by atoms with E-state index in [0.717, 1.165) is 22.7 Å². The van der Waals surface area contributed by atoms with Crippen molar-refractivity contribution >= 4 is 11.3 Å². The van der Waals surface area contributed by atoms with Crippen LogP contribution in [-0.4, -0.2) is 10.1 Å². The zero-order valence-electron chi connectivity index (χ0n) is 8.55. The molecule has 1 aromatic heterocycles. The van der Waals surface area contributed by atoms with Gasteiger partial charge in [-0.3, -0.25) is 0 Å². The molecule has 1 aromatic carbocycles. The van der Waals surface area contributed by atoms with Crippen molar-refractivity contribution in [2.45, 2.75) is 19.4 Å². The van der Waals surface area contributed by atoms with Crippen LogP contribution in [-0.2, 0) is 6.42 Å². The molecule has 1 heterocycles. The molecule has 0 bridgehead atoms. The Hall–Kier alpha value is -1.19. The summed E-state index contributed by atoms with van der Waals surface area (Å²) in [7, 11) is 0. The van der Waals surface area contributed by atoms with Gasteiger partial charge in [0.05, 0.1) is 5.69 Å². The van der Waals surface area contributed by atoms with Crippen molar-refractivity contribution in [1.82, 2.24) is 4.98 Å². The molecule has 2 rings (SSSR count). The molecule has 0 saturated heterocycles. The van der Waals surface area contributed by atoms with Crippen LogP contribution in [0.15, 0.2) is 35.7 Å². The van der Waals surface area contributed by atoms with E-state index in [1.165, 1.54) is 11.3 Å². The van der Waals surface area contributed by atoms with Crippen molar-refractivity contribution in [3.05, 3.63) is 52.0 Å². The maximum Gasteiger partial charge on any atom is 0.131 e. The first-order chi connectivity index (χ1) is 7.31. The minimum Gasteiger partial charge on any atom is -0.381 e. The van der Waals surface area contributed by atoms with Gasteiger partial charge in [0, 0.05) is 5.38 Å². The molecule has 0 spiro atoms. The Labute approximate surface area is 93.2 Å². The third-order valence-electron chi connectivity index (χ3n) is 2.28. The summed E-state index contributed by atoms with van der Waals surface area (Å²) in [5.41, 5.74) is 1.94. The van der Waals surface area contributed by atoms with Crippen molar-refractivity contribution < 1.29 is 5.11 Å². The molecule has 0 aliphatic carbocycles. The summed E-state index contributed by atoms with van der Waals surface area (Å²) < 4.78 is 0. The van der Waals surface area contributed by atoms with Crippen LogP contribution < -0.4 is 0 Å². The van der Waals surface area contributed by atoms with E-state index in [1.807, 2.05) is 35.7 Å². The Kier molecular flexibility index (Phi) is 3.14. The van der Waals surface area contributed by atoms with Gasteiger partial charge in [-0.15, -0.1) is 11.3 Å². The minimum absolute atomic E-state index is 0.587. The lowest BCUT2D eigenvalue weighted by atomic mass is 10.1. The number of aromatic nitrogens is 1. The van der Waals surface area contributed by atoms with Gasteiger partial charge in [0.25, 0.3) is 0 Å². The number of aryl methyl sites for hydroxylation is 1. The summed E-state index contributed by atoms with van der Waals surface area (Å²) in [6.07, 6.45) is 0.328. The smallest absolute Gasteiger partial charge is 0.131 e. The molecule has 1 unspecified atom stereocenters. The maximum absolute atomic E-state index is 10.0. The Morgan fingerprint density at radius 1 is 1.33 bits per heavy atom. The third-order valence-corrected chi connectivity index (χ3v) is 3.23. The molecule has 0 saturated carbocycles. The Balaban J connectivity index is 2.24. The van der Waals surface area contributed by atoms with E-state index in [-0.39, 0.29) is 0 Å². The molecule has 0 amide bonds. The second kappa shape index (κ2) is 4.55. The highest BCUT2D eigenvalue weighted by molar-refractivity contribution is 7.09. The van der Waals surface area contributed by atoms with Crippen LogP contribution >= 0.6 is 11.3 Å². The van der Waals surface area contributed by atoms with Crippen LogP contribution in [0.4, 0.5) is 0 Å². The zero-order chi connectivity index (χ0) is 10.7. The molecule has 78 valence electrons. The second-order valence-corrected chi connectivity index (χ2v) is 4.23. The largest absolute Gasteiger partial charge is 0.381 e. The Morgan fingerprint density at radius 3 is 2.67 bits per heavy atom. The van der Waals surface area contributed by atoms with Gasteiger partial charge in [-0.1, -0.05) is 37.3 Å². The number of hydrogen-bond acceptors (Lipinski definition) is 3. The van der Waals surface area contributed by atoms with Crippen molar-refractivity contribution in [3.63, 3.8) is 0 Å². The number of rotatable bonds is 3. The van der Waals surface area contributed by atoms with Gasteiger partial charge in [-0.2, -0.15) is 0 Å². The average molecular weight is 219 g/mol. The molecule has 3 heteroatoms. The van der Waals surface area contributed by atoms with Gasteiger partial charge in [-0.05, 0) is 12.0 Å². The second-order valence-electron chi connectivity index (χ2n) is 3.34. The first kappa shape index (κ1) is 10.3. The zero-order valence-corrected chi connectivity index (χ0v) is 9.37. The van der Waals surface area contributed by atoms with Gasteiger partial charge in [0.2, 0.25) is 0 Å². The first-order valence-corrected chi connectivity index (χ1v) is 5.86. The lowest BCUT2D eigenvalue weighted by molar-refractivity contribution is 0.219. The van der Waals surface area contributed by atoms with E-state index in [9.17, 15) is 5.11 Å². The van der Waals surface area contributed by atoms with Gasteiger partial charge < -0.3 is 5.11 Å². The van der Waals surface area contributed by atoms with Gasteiger partial charge in [-0.25, -0.2) is 4.98 Å². The number of thiazole rings is 1. The highest BCUT2D eigenvalue weighted by Gasteiger charge is 2.13. The van der Waals surface area contributed by atoms with Crippen molar-refractivity contribution in [2.75, 3.05) is 0 Å². The molecular formula is C12H13NOS. The number of nitrogens with zero attached hydrogens (tertiary/aromatic N) is 1. The lowest BCUT2D eigenvalue weighted by Crippen LogP contribution is -1.98. The van der Waals surface area contributed by atoms with Crippen molar-refractivity contribution in [1.29, 1.82) is 0 Å². The predicted molar refractivity (Wildman–Crippen MR) is 62.0 cm³/mol. The predicted octanol–water partition coefficient (Wildman–Crippen LogP) is 2.79. The standard InChI is InChI=1S/C12H13NOS/c1-2-10-8-15-12(13-10)11(14)9-6-4-3-5-7-9/h3-8,11,14H,2H2,1H3. The maximum atomic E-state index is 10.0. The molecule has 0 fully saturated rings. The average Bonchev–Trinajstić information content (AvgIpc) is 2.78. The Morgan fingerprint density at radius 2 is 2.07 bits per heavy atom. The van der Waals surface area contributed by atoms with Crippen molar-refractivity contribution in [3.8, 4) is 0 Å². The normalized spacial score (nSPS) is 12.7. The molecule has 2 nitrogen and oxygen atoms in total. The molecule has 2 aromatic rings. The van der Waals surface area contributed by atoms with E-state index in [2.05, 4.69) is 11.9 Å². The Bertz CT molecular complexity index is 424. The summed E-state index contributed by atoms with van der Waals surface area (Å²) in [4.78, 5) is 4.37. The van der Waals surface area contributed by atoms with E-state index < -0.39 is 6.10 Å². The van der Waals surface area contributed by atoms with Gasteiger partial charge >= 0.3 is 0 Å². The number of benzene rings is 1. The molecular weight excluding hydrogens is 206 g/mol. The highest BCUT2D eigenvalue weighted by atomic mass is 32.1. The summed E-state index contributed by atoms with van der Waals surface area (Å²) in [5, 5.41) is 12.8. The van der Waals surface area contributed by atoms with Crippen LogP contribution in [0.5, 0.6) is 0 Å². The quantitative estimate of drug-likeness (QED) is 0.861. The van der Waals surface area contributed by atoms with E-state index in [1.54, 1.807) is 0 Å². The van der Waals surface area contributed by atoms with E-state index in [0.29, 0.717) is 0 Å². The number of aliphatic hydroxyl groups excluding tert-OH is 1. The fraction of sp³-hybridized carbons (Fsp3) is 0.250. The lowest BCUT2D eigenvalue weighted by Gasteiger charge is -2.06. The van der Waals surface area contributed by atoms with Crippen molar-refractivity contribution in [2.24, 2.45) is 0 Å². The first-order valence-electron chi connectivity index (χ1n) is 4.98. The molecule has 1 atom stereocenters. The van der Waals surface area contributed by atoms with Gasteiger partial charge in [0.15, 0.2) is 0 Å². The fourth-order valence-electron chi connectivity index (χ4n) is 1.39. The fourth-order valence-corrected chi connectivity index (χ4v) is 2.30. The minimum atomic E-state index is -0.587. The van der Waals surface area contributed by atoms with Crippen LogP contribution in [0, 0.1) is 0 Å². The monoisotopic (exact) mass is 219 g/mol. The van der Waals surface area contributed by atoms with Crippen LogP contribution in [0.25, 0.3) is 0 Å². The van der Waals surface area contributed by atoms with E-state index in [4.69, 9.17) is 0 Å². The van der Waals surface area contributed by atoms with Crippen LogP contribution in [0.1, 0.15) is 29.3 Å². The summed E-state index contributed by atoms with van der Waals surface area (Å²) in [6, 6.07) is 9.62. The molecule has 0 aliphatic rings. The molecule has 15 heavy (non-hydrogen) atoms. The highest BCUT2D eigenvalue weighted by Crippen LogP contribution is 2.24.